The van der Waals surface area contributed by atoms with Crippen LogP contribution in [-0.2, 0) is 24.8 Å². The predicted octanol–water partition coefficient (Wildman–Crippen LogP) is 2.53. The number of nitrogens with zero attached hydrogens (tertiary/aromatic N) is 4. The Morgan fingerprint density at radius 2 is 2.15 bits per heavy atom. The van der Waals surface area contributed by atoms with E-state index >= 15 is 0 Å². The Hall–Kier alpha value is -4.01. The smallest absolute Gasteiger partial charge is 0.272 e. The van der Waals surface area contributed by atoms with E-state index in [1.807, 2.05) is 12.4 Å². The van der Waals surface area contributed by atoms with Crippen molar-refractivity contribution >= 4 is 22.7 Å². The molecule has 168 valence electrons. The quantitative estimate of drug-likeness (QED) is 0.493. The summed E-state index contributed by atoms with van der Waals surface area (Å²) >= 11 is 0. The number of pyridine rings is 1. The number of carbonyl (C=O) groups excluding carboxylic acids is 2. The molecule has 1 unspecified atom stereocenters. The molecule has 5 rings (SSSR count). The molecule has 0 aliphatic carbocycles. The second-order valence-corrected chi connectivity index (χ2v) is 8.21. The van der Waals surface area contributed by atoms with Crippen LogP contribution in [-0.4, -0.2) is 49.6 Å². The highest BCUT2D eigenvalue weighted by molar-refractivity contribution is 5.93. The van der Waals surface area contributed by atoms with Crippen LogP contribution in [0.2, 0.25) is 0 Å². The van der Waals surface area contributed by atoms with Crippen LogP contribution >= 0.6 is 0 Å². The van der Waals surface area contributed by atoms with E-state index in [1.165, 1.54) is 12.1 Å². The van der Waals surface area contributed by atoms with Gasteiger partial charge in [0.05, 0.1) is 11.6 Å². The highest BCUT2D eigenvalue weighted by Crippen LogP contribution is 2.28. The van der Waals surface area contributed by atoms with Gasteiger partial charge in [-0.1, -0.05) is 6.07 Å². The number of aryl methyl sites for hydroxylation is 1. The summed E-state index contributed by atoms with van der Waals surface area (Å²) in [4.78, 5) is 35.0. The highest BCUT2D eigenvalue weighted by Gasteiger charge is 2.35. The van der Waals surface area contributed by atoms with E-state index in [2.05, 4.69) is 20.4 Å². The minimum Gasteiger partial charge on any atom is -0.361 e. The summed E-state index contributed by atoms with van der Waals surface area (Å²) in [7, 11) is 1.80. The number of carbonyl (C=O) groups is 2. The lowest BCUT2D eigenvalue weighted by atomic mass is 9.95. The highest BCUT2D eigenvalue weighted by atomic mass is 19.1. The zero-order valence-electron chi connectivity index (χ0n) is 18.1. The average molecular weight is 446 g/mol. The third kappa shape index (κ3) is 4.09. The van der Waals surface area contributed by atoms with Gasteiger partial charge in [0, 0.05) is 61.7 Å². The number of H-pyrrole nitrogens is 1. The number of aromatic nitrogens is 4. The molecule has 8 nitrogen and oxygen atoms in total. The number of aromatic amines is 1. The summed E-state index contributed by atoms with van der Waals surface area (Å²) in [5.74, 6) is -1.29. The zero-order chi connectivity index (χ0) is 22.9. The molecule has 0 radical (unpaired) electrons. The molecule has 33 heavy (non-hydrogen) atoms. The van der Waals surface area contributed by atoms with Gasteiger partial charge < -0.3 is 15.2 Å². The second kappa shape index (κ2) is 8.50. The van der Waals surface area contributed by atoms with Gasteiger partial charge in [0.2, 0.25) is 5.91 Å². The van der Waals surface area contributed by atoms with E-state index in [1.54, 1.807) is 47.1 Å². The van der Waals surface area contributed by atoms with Crippen LogP contribution in [0.3, 0.4) is 0 Å². The maximum atomic E-state index is 13.6. The third-order valence-corrected chi connectivity index (χ3v) is 5.94. The number of benzene rings is 1. The van der Waals surface area contributed by atoms with Crippen molar-refractivity contribution in [1.29, 1.82) is 0 Å². The second-order valence-electron chi connectivity index (χ2n) is 8.21. The van der Waals surface area contributed by atoms with Crippen LogP contribution in [0.15, 0.2) is 55.0 Å². The Labute approximate surface area is 189 Å². The average Bonchev–Trinajstić information content (AvgIpc) is 3.40. The van der Waals surface area contributed by atoms with Crippen molar-refractivity contribution in [2.24, 2.45) is 7.05 Å². The summed E-state index contributed by atoms with van der Waals surface area (Å²) < 4.78 is 15.3. The molecule has 1 aliphatic rings. The number of nitrogens with one attached hydrogen (secondary N) is 2. The molecule has 9 heteroatoms. The van der Waals surface area contributed by atoms with Crippen molar-refractivity contribution < 1.29 is 14.0 Å². The molecule has 1 aromatic carbocycles. The van der Waals surface area contributed by atoms with Gasteiger partial charge in [0.25, 0.3) is 5.91 Å². The molecule has 4 aromatic rings. The van der Waals surface area contributed by atoms with Crippen LogP contribution < -0.4 is 5.32 Å². The molecular weight excluding hydrogens is 423 g/mol. The molecule has 0 spiro atoms. The Bertz CT molecular complexity index is 1330. The predicted molar refractivity (Wildman–Crippen MR) is 120 cm³/mol. The zero-order valence-corrected chi connectivity index (χ0v) is 18.1. The first-order chi connectivity index (χ1) is 16.0. The van der Waals surface area contributed by atoms with Gasteiger partial charge in [-0.3, -0.25) is 19.3 Å². The molecule has 2 N–H and O–H groups in total. The van der Waals surface area contributed by atoms with E-state index in [0.717, 1.165) is 22.0 Å². The van der Waals surface area contributed by atoms with Crippen molar-refractivity contribution in [3.05, 3.63) is 83.3 Å². The van der Waals surface area contributed by atoms with Gasteiger partial charge in [0.15, 0.2) is 0 Å². The van der Waals surface area contributed by atoms with Crippen molar-refractivity contribution in [1.82, 2.24) is 30.0 Å². The number of fused-ring (bicyclic) bond motifs is 2. The number of halogens is 1. The molecular formula is C24H23FN6O2. The summed E-state index contributed by atoms with van der Waals surface area (Å²) in [6, 6.07) is 9.79. The van der Waals surface area contributed by atoms with Gasteiger partial charge in [0.1, 0.15) is 11.5 Å². The fraction of sp³-hybridized carbons (Fsp3) is 0.250. The van der Waals surface area contributed by atoms with Crippen molar-refractivity contribution in [3.63, 3.8) is 0 Å². The molecule has 3 aromatic heterocycles. The van der Waals surface area contributed by atoms with Crippen LogP contribution in [0.25, 0.3) is 10.9 Å². The van der Waals surface area contributed by atoms with E-state index in [-0.39, 0.29) is 24.2 Å². The van der Waals surface area contributed by atoms with E-state index in [0.29, 0.717) is 30.9 Å². The van der Waals surface area contributed by atoms with Crippen LogP contribution in [0.4, 0.5) is 4.39 Å². The molecule has 4 heterocycles. The third-order valence-electron chi connectivity index (χ3n) is 5.94. The molecule has 0 bridgehead atoms. The summed E-state index contributed by atoms with van der Waals surface area (Å²) in [5, 5.41) is 8.26. The Balaban J connectivity index is 1.30. The fourth-order valence-corrected chi connectivity index (χ4v) is 4.36. The Kier molecular flexibility index (Phi) is 5.37. The van der Waals surface area contributed by atoms with Gasteiger partial charge in [-0.15, -0.1) is 0 Å². The van der Waals surface area contributed by atoms with Gasteiger partial charge in [-0.05, 0) is 42.3 Å². The number of hydrogen-bond acceptors (Lipinski definition) is 4. The summed E-state index contributed by atoms with van der Waals surface area (Å²) in [6.45, 7) is 0.988. The topological polar surface area (TPSA) is 95.9 Å². The molecule has 1 aliphatic heterocycles. The van der Waals surface area contributed by atoms with E-state index in [4.69, 9.17) is 0 Å². The molecule has 2 amide bonds. The first-order valence-corrected chi connectivity index (χ1v) is 10.8. The number of hydrogen-bond donors (Lipinski definition) is 2. The molecule has 0 saturated carbocycles. The molecule has 1 atom stereocenters. The van der Waals surface area contributed by atoms with Gasteiger partial charge in [-0.2, -0.15) is 5.10 Å². The number of amides is 2. The molecule has 0 fully saturated rings. The Morgan fingerprint density at radius 1 is 1.27 bits per heavy atom. The van der Waals surface area contributed by atoms with Crippen LogP contribution in [0.1, 0.15) is 33.2 Å². The van der Waals surface area contributed by atoms with Gasteiger partial charge in [-0.25, -0.2) is 4.39 Å². The monoisotopic (exact) mass is 446 g/mol. The van der Waals surface area contributed by atoms with Crippen LogP contribution in [0.5, 0.6) is 0 Å². The van der Waals surface area contributed by atoms with E-state index in [9.17, 15) is 14.0 Å². The maximum Gasteiger partial charge on any atom is 0.272 e. The number of rotatable bonds is 5. The minimum atomic E-state index is -0.581. The van der Waals surface area contributed by atoms with Gasteiger partial charge >= 0.3 is 0 Å². The minimum absolute atomic E-state index is 0.195. The first kappa shape index (κ1) is 20.9. The SMILES string of the molecule is Cn1cc2c(n1)C(C(=O)NCCc1c[nH]c3ccc(F)cc13)CN(C(=O)c1ccccn1)C2. The van der Waals surface area contributed by atoms with Crippen molar-refractivity contribution in [2.45, 2.75) is 18.9 Å². The largest absolute Gasteiger partial charge is 0.361 e. The lowest BCUT2D eigenvalue weighted by Gasteiger charge is -2.31. The lowest BCUT2D eigenvalue weighted by molar-refractivity contribution is -0.123. The van der Waals surface area contributed by atoms with Crippen LogP contribution in [0, 0.1) is 5.82 Å². The summed E-state index contributed by atoms with van der Waals surface area (Å²) in [5.41, 5.74) is 3.66. The standard InChI is InChI=1S/C24H23FN6O2/c1-30-12-16-13-31(24(33)21-4-2-3-8-26-21)14-19(22(16)29-30)23(32)27-9-7-15-11-28-20-6-5-17(25)10-18(15)20/h2-6,8,10-12,19,28H,7,9,13-14H2,1H3,(H,27,32). The van der Waals surface area contributed by atoms with Crippen molar-refractivity contribution in [3.8, 4) is 0 Å². The summed E-state index contributed by atoms with van der Waals surface area (Å²) in [6.07, 6.45) is 5.80. The lowest BCUT2D eigenvalue weighted by Crippen LogP contribution is -2.44. The Morgan fingerprint density at radius 3 is 2.97 bits per heavy atom. The normalized spacial score (nSPS) is 15.5. The van der Waals surface area contributed by atoms with Crippen molar-refractivity contribution in [2.75, 3.05) is 13.1 Å². The first-order valence-electron chi connectivity index (χ1n) is 10.8. The fourth-order valence-electron chi connectivity index (χ4n) is 4.36. The molecule has 0 saturated heterocycles. The maximum absolute atomic E-state index is 13.6. The van der Waals surface area contributed by atoms with E-state index < -0.39 is 5.92 Å².